The average Bonchev–Trinajstić information content (AvgIpc) is 3.56. The lowest BCUT2D eigenvalue weighted by atomic mass is 10.0. The van der Waals surface area contributed by atoms with E-state index in [1.807, 2.05) is 48.5 Å². The molecule has 0 atom stereocenters. The molecule has 11 heteroatoms. The molecule has 0 radical (unpaired) electrons. The summed E-state index contributed by atoms with van der Waals surface area (Å²) in [5.74, 6) is -1.80. The molecule has 0 aliphatic carbocycles. The molecule has 2 N–H and O–H groups in total. The van der Waals surface area contributed by atoms with Gasteiger partial charge in [-0.2, -0.15) is 5.10 Å². The van der Waals surface area contributed by atoms with Gasteiger partial charge in [0.15, 0.2) is 0 Å². The molecule has 2 amide bonds. The number of benzene rings is 4. The van der Waals surface area contributed by atoms with Crippen molar-refractivity contribution in [3.63, 3.8) is 0 Å². The van der Waals surface area contributed by atoms with E-state index in [9.17, 15) is 19.2 Å². The number of methoxy groups -OCH3 is 1. The number of carbonyl (C=O) groups excluding carboxylic acids is 4. The zero-order valence-corrected chi connectivity index (χ0v) is 27.1. The summed E-state index contributed by atoms with van der Waals surface area (Å²) in [6.07, 6.45) is 3.19. The highest BCUT2D eigenvalue weighted by molar-refractivity contribution is 6.29. The van der Waals surface area contributed by atoms with Crippen molar-refractivity contribution in [2.45, 2.75) is 13.8 Å². The van der Waals surface area contributed by atoms with Crippen LogP contribution in [0, 0.1) is 0 Å². The first-order chi connectivity index (χ1) is 23.8. The van der Waals surface area contributed by atoms with Crippen molar-refractivity contribution in [1.29, 1.82) is 0 Å². The Morgan fingerprint density at radius 3 is 1.78 bits per heavy atom. The maximum atomic E-state index is 13.9. The maximum Gasteiger partial charge on any atom is 0.338 e. The molecule has 5 rings (SSSR count). The van der Waals surface area contributed by atoms with Gasteiger partial charge >= 0.3 is 11.9 Å². The fourth-order valence-electron chi connectivity index (χ4n) is 4.80. The van der Waals surface area contributed by atoms with E-state index in [0.29, 0.717) is 45.1 Å². The van der Waals surface area contributed by atoms with Gasteiger partial charge in [0.25, 0.3) is 11.8 Å². The molecule has 1 aromatic heterocycles. The van der Waals surface area contributed by atoms with Gasteiger partial charge in [-0.3, -0.25) is 9.59 Å². The van der Waals surface area contributed by atoms with E-state index in [1.54, 1.807) is 62.2 Å². The van der Waals surface area contributed by atoms with Crippen LogP contribution in [0.1, 0.15) is 40.1 Å². The fraction of sp³-hybridized carbons (Fsp3) is 0.132. The second-order valence-electron chi connectivity index (χ2n) is 10.5. The van der Waals surface area contributed by atoms with Crippen LogP contribution in [0.25, 0.3) is 23.0 Å². The molecular formula is C38H34N4O7. The highest BCUT2D eigenvalue weighted by Crippen LogP contribution is 2.29. The number of para-hydroxylation sites is 1. The van der Waals surface area contributed by atoms with Crippen LogP contribution >= 0.6 is 0 Å². The van der Waals surface area contributed by atoms with Crippen LogP contribution in [0.5, 0.6) is 5.75 Å². The van der Waals surface area contributed by atoms with E-state index in [-0.39, 0.29) is 18.8 Å². The molecule has 49 heavy (non-hydrogen) atoms. The lowest BCUT2D eigenvalue weighted by Gasteiger charge is -2.11. The van der Waals surface area contributed by atoms with Gasteiger partial charge in [0.2, 0.25) is 0 Å². The summed E-state index contributed by atoms with van der Waals surface area (Å²) >= 11 is 0. The normalized spacial score (nSPS) is 10.4. The summed E-state index contributed by atoms with van der Waals surface area (Å²) in [6.45, 7) is 3.88. The zero-order chi connectivity index (χ0) is 34.8. The van der Waals surface area contributed by atoms with Crippen molar-refractivity contribution in [1.82, 2.24) is 9.78 Å². The zero-order valence-electron chi connectivity index (χ0n) is 27.1. The van der Waals surface area contributed by atoms with Crippen molar-refractivity contribution < 1.29 is 33.4 Å². The predicted octanol–water partition coefficient (Wildman–Crippen LogP) is 6.56. The molecule has 4 aromatic carbocycles. The largest absolute Gasteiger partial charge is 0.497 e. The van der Waals surface area contributed by atoms with E-state index in [2.05, 4.69) is 10.6 Å². The maximum absolute atomic E-state index is 13.9. The molecule has 5 aromatic rings. The lowest BCUT2D eigenvalue weighted by Crippen LogP contribution is -2.25. The molecule has 0 spiro atoms. The minimum Gasteiger partial charge on any atom is -0.497 e. The number of hydrogen-bond donors (Lipinski definition) is 2. The van der Waals surface area contributed by atoms with Crippen LogP contribution in [0.3, 0.4) is 0 Å². The highest BCUT2D eigenvalue weighted by Gasteiger charge is 2.22. The number of nitrogens with zero attached hydrogens (tertiary/aromatic N) is 2. The summed E-state index contributed by atoms with van der Waals surface area (Å²) in [6, 6.07) is 29.0. The Morgan fingerprint density at radius 2 is 1.27 bits per heavy atom. The highest BCUT2D eigenvalue weighted by atomic mass is 16.5. The first-order valence-corrected chi connectivity index (χ1v) is 15.5. The smallest absolute Gasteiger partial charge is 0.338 e. The first-order valence-electron chi connectivity index (χ1n) is 15.5. The van der Waals surface area contributed by atoms with Crippen molar-refractivity contribution >= 4 is 41.2 Å². The molecule has 0 saturated carbocycles. The van der Waals surface area contributed by atoms with Crippen LogP contribution in [0.2, 0.25) is 0 Å². The van der Waals surface area contributed by atoms with Gasteiger partial charge in [0.1, 0.15) is 17.0 Å². The Morgan fingerprint density at radius 1 is 0.714 bits per heavy atom. The van der Waals surface area contributed by atoms with Gasteiger partial charge in [-0.15, -0.1) is 0 Å². The number of esters is 2. The SMILES string of the molecule is CCOC(=O)c1ccc(NC(=O)C(=Cc2cn(-c3ccccc3)nc2-c2cccc(OC)c2)C(=O)Nc2ccc(C(=O)OCC)cc2)cc1. The van der Waals surface area contributed by atoms with E-state index in [0.717, 1.165) is 5.69 Å². The predicted molar refractivity (Wildman–Crippen MR) is 186 cm³/mol. The molecule has 0 saturated heterocycles. The van der Waals surface area contributed by atoms with E-state index >= 15 is 0 Å². The minimum absolute atomic E-state index is 0.227. The molecule has 1 heterocycles. The minimum atomic E-state index is -0.714. The molecule has 0 unspecified atom stereocenters. The van der Waals surface area contributed by atoms with Crippen molar-refractivity contribution in [2.75, 3.05) is 31.0 Å². The Labute approximate surface area is 283 Å². The third-order valence-corrected chi connectivity index (χ3v) is 7.20. The summed E-state index contributed by atoms with van der Waals surface area (Å²) in [5.41, 5.74) is 3.54. The summed E-state index contributed by atoms with van der Waals surface area (Å²) < 4.78 is 17.2. The number of carbonyl (C=O) groups is 4. The number of rotatable bonds is 12. The van der Waals surface area contributed by atoms with Crippen molar-refractivity contribution in [3.8, 4) is 22.7 Å². The van der Waals surface area contributed by atoms with Gasteiger partial charge in [-0.25, -0.2) is 14.3 Å². The number of anilines is 2. The summed E-state index contributed by atoms with van der Waals surface area (Å²) in [5, 5.41) is 10.3. The van der Waals surface area contributed by atoms with Crippen molar-refractivity contribution in [3.05, 3.63) is 132 Å². The van der Waals surface area contributed by atoms with Crippen molar-refractivity contribution in [2.24, 2.45) is 0 Å². The van der Waals surface area contributed by atoms with Crippen LogP contribution in [-0.4, -0.2) is 53.9 Å². The van der Waals surface area contributed by atoms with Gasteiger partial charge in [0, 0.05) is 28.7 Å². The quantitative estimate of drug-likeness (QED) is 0.0665. The number of nitrogens with one attached hydrogen (secondary N) is 2. The number of hydrogen-bond acceptors (Lipinski definition) is 8. The van der Waals surface area contributed by atoms with Crippen LogP contribution in [0.15, 0.2) is 115 Å². The summed E-state index contributed by atoms with van der Waals surface area (Å²) in [7, 11) is 1.56. The molecule has 0 fully saturated rings. The van der Waals surface area contributed by atoms with Gasteiger partial charge in [-0.1, -0.05) is 30.3 Å². The number of aromatic nitrogens is 2. The molecule has 0 bridgehead atoms. The topological polar surface area (TPSA) is 138 Å². The monoisotopic (exact) mass is 658 g/mol. The lowest BCUT2D eigenvalue weighted by molar-refractivity contribution is -0.118. The van der Waals surface area contributed by atoms with E-state index < -0.39 is 23.8 Å². The number of ether oxygens (including phenoxy) is 3. The molecule has 0 aliphatic heterocycles. The molecule has 248 valence electrons. The van der Waals surface area contributed by atoms with E-state index in [1.165, 1.54) is 30.3 Å². The molecule has 11 nitrogen and oxygen atoms in total. The fourth-order valence-corrected chi connectivity index (χ4v) is 4.80. The molecule has 0 aliphatic rings. The van der Waals surface area contributed by atoms with Gasteiger partial charge < -0.3 is 24.8 Å². The van der Waals surface area contributed by atoms with Crippen LogP contribution in [0.4, 0.5) is 11.4 Å². The van der Waals surface area contributed by atoms with Crippen LogP contribution < -0.4 is 15.4 Å². The third kappa shape index (κ3) is 8.46. The Kier molecular flexibility index (Phi) is 11.0. The second kappa shape index (κ2) is 15.9. The van der Waals surface area contributed by atoms with Gasteiger partial charge in [-0.05, 0) is 92.7 Å². The average molecular weight is 659 g/mol. The van der Waals surface area contributed by atoms with Crippen LogP contribution in [-0.2, 0) is 19.1 Å². The number of amides is 2. The Hall–Kier alpha value is -6.49. The Bertz CT molecular complexity index is 1910. The molecular weight excluding hydrogens is 624 g/mol. The Balaban J connectivity index is 1.55. The first kappa shape index (κ1) is 33.9. The standard InChI is InChI=1S/C38H34N4O7/c1-4-48-37(45)25-14-18-29(19-15-25)39-35(43)33(36(44)40-30-20-16-26(17-21-30)38(46)49-5-2)23-28-24-42(31-11-7-6-8-12-31)41-34(28)27-10-9-13-32(22-27)47-3/h6-24H,4-5H2,1-3H3,(H,39,43)(H,40,44). The van der Waals surface area contributed by atoms with Gasteiger partial charge in [0.05, 0.1) is 37.1 Å². The second-order valence-corrected chi connectivity index (χ2v) is 10.5. The summed E-state index contributed by atoms with van der Waals surface area (Å²) in [4.78, 5) is 52.0. The third-order valence-electron chi connectivity index (χ3n) is 7.20. The van der Waals surface area contributed by atoms with E-state index in [4.69, 9.17) is 19.3 Å².